The maximum absolute atomic E-state index is 5.27. The molecule has 0 aromatic rings. The Bertz CT molecular complexity index is 55.7. The molecule has 10 heavy (non-hydrogen) atoms. The van der Waals surface area contributed by atoms with Crippen LogP contribution in [0.4, 0.5) is 0 Å². The van der Waals surface area contributed by atoms with E-state index in [1.165, 1.54) is 19.3 Å². The van der Waals surface area contributed by atoms with E-state index < -0.39 is 0 Å². The summed E-state index contributed by atoms with van der Waals surface area (Å²) in [5, 5.41) is 0. The van der Waals surface area contributed by atoms with Crippen molar-refractivity contribution in [3.05, 3.63) is 0 Å². The third-order valence-corrected chi connectivity index (χ3v) is 1.83. The van der Waals surface area contributed by atoms with Gasteiger partial charge in [0.25, 0.3) is 0 Å². The van der Waals surface area contributed by atoms with Gasteiger partial charge in [-0.15, -0.1) is 0 Å². The van der Waals surface area contributed by atoms with E-state index in [0.717, 1.165) is 19.1 Å². The zero-order valence-corrected chi connectivity index (χ0v) is 7.52. The Kier molecular flexibility index (Phi) is 7.04. The van der Waals surface area contributed by atoms with Crippen LogP contribution in [-0.4, -0.2) is 13.2 Å². The van der Waals surface area contributed by atoms with E-state index in [0.29, 0.717) is 0 Å². The lowest BCUT2D eigenvalue weighted by Gasteiger charge is -2.19. The number of hydrogen-bond acceptors (Lipinski definition) is 1. The van der Waals surface area contributed by atoms with E-state index in [-0.39, 0.29) is 0 Å². The summed E-state index contributed by atoms with van der Waals surface area (Å²) < 4.78 is 5.27. The van der Waals surface area contributed by atoms with Gasteiger partial charge in [0.15, 0.2) is 0 Å². The molecule has 1 atom stereocenters. The normalized spacial score (nSPS) is 24.9. The van der Waals surface area contributed by atoms with E-state index >= 15 is 0 Å². The highest BCUT2D eigenvalue weighted by molar-refractivity contribution is 4.59. The first-order valence-electron chi connectivity index (χ1n) is 4.51. The van der Waals surface area contributed by atoms with Crippen molar-refractivity contribution in [2.24, 2.45) is 5.92 Å². The highest BCUT2D eigenvalue weighted by Gasteiger charge is 2.09. The van der Waals surface area contributed by atoms with Crippen LogP contribution in [0.15, 0.2) is 0 Å². The average Bonchev–Trinajstić information content (AvgIpc) is 2.10. The summed E-state index contributed by atoms with van der Waals surface area (Å²) in [6.45, 7) is 8.24. The second kappa shape index (κ2) is 7.07. The van der Waals surface area contributed by atoms with Crippen molar-refractivity contribution in [2.45, 2.75) is 40.0 Å². The van der Waals surface area contributed by atoms with Gasteiger partial charge in [-0.2, -0.15) is 0 Å². The maximum atomic E-state index is 5.27. The Morgan fingerprint density at radius 2 is 2.10 bits per heavy atom. The molecular formula is C9H20O. The lowest BCUT2D eigenvalue weighted by atomic mass is 10.0. The fourth-order valence-electron chi connectivity index (χ4n) is 1.13. The lowest BCUT2D eigenvalue weighted by Crippen LogP contribution is -2.15. The Morgan fingerprint density at radius 3 is 2.40 bits per heavy atom. The minimum absolute atomic E-state index is 0.865. The summed E-state index contributed by atoms with van der Waals surface area (Å²) in [6.07, 6.45) is 3.95. The third-order valence-electron chi connectivity index (χ3n) is 1.83. The quantitative estimate of drug-likeness (QED) is 0.550. The molecule has 0 aromatic carbocycles. The van der Waals surface area contributed by atoms with Crippen LogP contribution in [0.5, 0.6) is 0 Å². The monoisotopic (exact) mass is 144 g/mol. The summed E-state index contributed by atoms with van der Waals surface area (Å²) in [5.41, 5.74) is 0. The topological polar surface area (TPSA) is 9.23 Å². The molecule has 62 valence electrons. The molecule has 0 spiro atoms. The highest BCUT2D eigenvalue weighted by Crippen LogP contribution is 2.15. The molecule has 0 radical (unpaired) electrons. The van der Waals surface area contributed by atoms with Gasteiger partial charge in [-0.25, -0.2) is 0 Å². The van der Waals surface area contributed by atoms with Gasteiger partial charge in [-0.3, -0.25) is 0 Å². The van der Waals surface area contributed by atoms with Crippen LogP contribution in [0.25, 0.3) is 0 Å². The zero-order chi connectivity index (χ0) is 7.82. The summed E-state index contributed by atoms with van der Waals surface area (Å²) >= 11 is 0. The summed E-state index contributed by atoms with van der Waals surface area (Å²) in [4.78, 5) is 0. The van der Waals surface area contributed by atoms with Gasteiger partial charge < -0.3 is 4.74 Å². The number of ether oxygens (including phenoxy) is 1. The average molecular weight is 144 g/mol. The van der Waals surface area contributed by atoms with Crippen molar-refractivity contribution in [3.63, 3.8) is 0 Å². The number of rotatable bonds is 1. The van der Waals surface area contributed by atoms with Crippen molar-refractivity contribution < 1.29 is 4.74 Å². The Labute approximate surface area is 64.8 Å². The molecule has 1 fully saturated rings. The minimum atomic E-state index is 0.865. The molecule has 0 amide bonds. The molecule has 1 nitrogen and oxygen atoms in total. The van der Waals surface area contributed by atoms with E-state index in [1.54, 1.807) is 0 Å². The van der Waals surface area contributed by atoms with Gasteiger partial charge in [0, 0.05) is 13.2 Å². The molecule has 0 aliphatic carbocycles. The van der Waals surface area contributed by atoms with E-state index in [1.807, 2.05) is 13.8 Å². The lowest BCUT2D eigenvalue weighted by molar-refractivity contribution is 0.0535. The van der Waals surface area contributed by atoms with Crippen molar-refractivity contribution in [1.82, 2.24) is 0 Å². The largest absolute Gasteiger partial charge is 0.381 e. The van der Waals surface area contributed by atoms with Gasteiger partial charge >= 0.3 is 0 Å². The third kappa shape index (κ3) is 3.89. The van der Waals surface area contributed by atoms with Gasteiger partial charge in [0.2, 0.25) is 0 Å². The van der Waals surface area contributed by atoms with Crippen LogP contribution >= 0.6 is 0 Å². The Balaban J connectivity index is 0.000000371. The minimum Gasteiger partial charge on any atom is -0.381 e. The molecular weight excluding hydrogens is 124 g/mol. The van der Waals surface area contributed by atoms with Crippen LogP contribution in [0.1, 0.15) is 40.0 Å². The molecule has 0 saturated carbocycles. The Morgan fingerprint density at radius 1 is 1.40 bits per heavy atom. The van der Waals surface area contributed by atoms with Crippen molar-refractivity contribution in [1.29, 1.82) is 0 Å². The van der Waals surface area contributed by atoms with E-state index in [4.69, 9.17) is 4.74 Å². The Hall–Kier alpha value is -0.0400. The molecule has 1 aliphatic heterocycles. The molecule has 0 aromatic heterocycles. The van der Waals surface area contributed by atoms with Gasteiger partial charge in [-0.05, 0) is 18.8 Å². The number of hydrogen-bond donors (Lipinski definition) is 0. The predicted octanol–water partition coefficient (Wildman–Crippen LogP) is 2.85. The molecule has 1 unspecified atom stereocenters. The molecule has 1 heteroatoms. The molecule has 1 aliphatic rings. The van der Waals surface area contributed by atoms with E-state index in [2.05, 4.69) is 6.92 Å². The van der Waals surface area contributed by atoms with E-state index in [9.17, 15) is 0 Å². The SMILES string of the molecule is CC.CCC1CCCOC1. The van der Waals surface area contributed by atoms with Crippen LogP contribution in [-0.2, 0) is 4.74 Å². The first-order valence-corrected chi connectivity index (χ1v) is 4.51. The van der Waals surface area contributed by atoms with Gasteiger partial charge in [-0.1, -0.05) is 27.2 Å². The van der Waals surface area contributed by atoms with Gasteiger partial charge in [0.1, 0.15) is 0 Å². The van der Waals surface area contributed by atoms with Crippen molar-refractivity contribution in [2.75, 3.05) is 13.2 Å². The summed E-state index contributed by atoms with van der Waals surface area (Å²) in [7, 11) is 0. The van der Waals surface area contributed by atoms with Crippen LogP contribution < -0.4 is 0 Å². The molecule has 1 saturated heterocycles. The van der Waals surface area contributed by atoms with Crippen LogP contribution in [0.3, 0.4) is 0 Å². The zero-order valence-electron chi connectivity index (χ0n) is 7.52. The highest BCUT2D eigenvalue weighted by atomic mass is 16.5. The van der Waals surface area contributed by atoms with Crippen molar-refractivity contribution in [3.8, 4) is 0 Å². The van der Waals surface area contributed by atoms with Gasteiger partial charge in [0.05, 0.1) is 0 Å². The summed E-state index contributed by atoms with van der Waals surface area (Å²) in [6, 6.07) is 0. The predicted molar refractivity (Wildman–Crippen MR) is 45.2 cm³/mol. The second-order valence-electron chi connectivity index (χ2n) is 2.49. The first-order chi connectivity index (χ1) is 4.93. The van der Waals surface area contributed by atoms with Crippen molar-refractivity contribution >= 4 is 0 Å². The molecule has 1 rings (SSSR count). The van der Waals surface area contributed by atoms with Crippen LogP contribution in [0, 0.1) is 5.92 Å². The molecule has 0 bridgehead atoms. The fourth-order valence-corrected chi connectivity index (χ4v) is 1.13. The summed E-state index contributed by atoms with van der Waals surface area (Å²) in [5.74, 6) is 0.865. The second-order valence-corrected chi connectivity index (χ2v) is 2.49. The van der Waals surface area contributed by atoms with Crippen LogP contribution in [0.2, 0.25) is 0 Å². The molecule has 0 N–H and O–H groups in total. The maximum Gasteiger partial charge on any atom is 0.0494 e. The smallest absolute Gasteiger partial charge is 0.0494 e. The molecule has 1 heterocycles. The first kappa shape index (κ1) is 9.96. The standard InChI is InChI=1S/C7H14O.C2H6/c1-2-7-4-3-5-8-6-7;1-2/h7H,2-6H2,1H3;1-2H3. The fraction of sp³-hybridized carbons (Fsp3) is 1.00.